The van der Waals surface area contributed by atoms with Gasteiger partial charge in [0.1, 0.15) is 12.4 Å². The van der Waals surface area contributed by atoms with Crippen LogP contribution in [0.15, 0.2) is 88.7 Å². The molecule has 0 radical (unpaired) electrons. The predicted molar refractivity (Wildman–Crippen MR) is 114 cm³/mol. The van der Waals surface area contributed by atoms with E-state index in [0.717, 1.165) is 21.3 Å². The van der Waals surface area contributed by atoms with Gasteiger partial charge in [0.25, 0.3) is 10.0 Å². The van der Waals surface area contributed by atoms with E-state index >= 15 is 0 Å². The molecule has 3 rings (SSSR count). The second-order valence-corrected chi connectivity index (χ2v) is 8.82. The van der Waals surface area contributed by atoms with Gasteiger partial charge in [0.2, 0.25) is 5.91 Å². The molecule has 0 aliphatic heterocycles. The molecular formula is C21H19FN2O3S2. The first kappa shape index (κ1) is 20.9. The van der Waals surface area contributed by atoms with Crippen LogP contribution >= 0.6 is 11.8 Å². The third-order valence-electron chi connectivity index (χ3n) is 4.09. The Morgan fingerprint density at radius 3 is 2.34 bits per heavy atom. The summed E-state index contributed by atoms with van der Waals surface area (Å²) in [5.74, 6) is -1.03. The normalized spacial score (nSPS) is 11.1. The number of rotatable bonds is 7. The van der Waals surface area contributed by atoms with E-state index in [0.29, 0.717) is 11.4 Å². The first-order chi connectivity index (χ1) is 13.9. The number of carbonyl (C=O) groups is 1. The maximum atomic E-state index is 13.2. The van der Waals surface area contributed by atoms with E-state index in [4.69, 9.17) is 0 Å². The Balaban J connectivity index is 1.90. The minimum Gasteiger partial charge on any atom is -0.324 e. The lowest BCUT2D eigenvalue weighted by atomic mass is 10.3. The van der Waals surface area contributed by atoms with Crippen LogP contribution in [0.2, 0.25) is 0 Å². The van der Waals surface area contributed by atoms with Gasteiger partial charge < -0.3 is 5.32 Å². The summed E-state index contributed by atoms with van der Waals surface area (Å²) in [5.41, 5.74) is 0.916. The van der Waals surface area contributed by atoms with Crippen molar-refractivity contribution in [1.82, 2.24) is 0 Å². The van der Waals surface area contributed by atoms with E-state index in [-0.39, 0.29) is 4.90 Å². The summed E-state index contributed by atoms with van der Waals surface area (Å²) in [4.78, 5) is 13.5. The molecule has 0 bridgehead atoms. The fraction of sp³-hybridized carbons (Fsp3) is 0.0952. The minimum absolute atomic E-state index is 0.0973. The zero-order chi connectivity index (χ0) is 20.9. The standard InChI is InChI=1S/C21H19FN2O3S2/c1-28-19-9-5-6-17(14-19)23-21(25)15-24(18-7-3-2-4-8-18)29(26,27)20-12-10-16(22)11-13-20/h2-14H,15H2,1H3,(H,23,25). The van der Waals surface area contributed by atoms with Crippen LogP contribution in [-0.2, 0) is 14.8 Å². The highest BCUT2D eigenvalue weighted by Crippen LogP contribution is 2.24. The van der Waals surface area contributed by atoms with Gasteiger partial charge in [0.05, 0.1) is 10.6 Å². The van der Waals surface area contributed by atoms with Crippen molar-refractivity contribution in [2.75, 3.05) is 22.4 Å². The summed E-state index contributed by atoms with van der Waals surface area (Å²) >= 11 is 1.54. The molecule has 1 N–H and O–H groups in total. The molecular weight excluding hydrogens is 411 g/mol. The monoisotopic (exact) mass is 430 g/mol. The Hall–Kier alpha value is -2.84. The average Bonchev–Trinajstić information content (AvgIpc) is 2.73. The number of nitrogens with zero attached hydrogens (tertiary/aromatic N) is 1. The summed E-state index contributed by atoms with van der Waals surface area (Å²) in [5, 5.41) is 2.73. The number of sulfonamides is 1. The molecule has 1 amide bonds. The van der Waals surface area contributed by atoms with Crippen molar-refractivity contribution >= 4 is 39.1 Å². The number of hydrogen-bond donors (Lipinski definition) is 1. The summed E-state index contributed by atoms with van der Waals surface area (Å²) in [6.07, 6.45) is 1.92. The van der Waals surface area contributed by atoms with Crippen LogP contribution in [0.1, 0.15) is 0 Å². The van der Waals surface area contributed by atoms with Crippen molar-refractivity contribution in [3.8, 4) is 0 Å². The highest BCUT2D eigenvalue weighted by molar-refractivity contribution is 7.98. The number of carbonyl (C=O) groups excluding carboxylic acids is 1. The van der Waals surface area contributed by atoms with Gasteiger partial charge in [-0.15, -0.1) is 11.8 Å². The van der Waals surface area contributed by atoms with Crippen molar-refractivity contribution in [3.05, 3.63) is 84.7 Å². The second kappa shape index (κ2) is 9.11. The second-order valence-electron chi connectivity index (χ2n) is 6.08. The van der Waals surface area contributed by atoms with Crippen molar-refractivity contribution in [2.24, 2.45) is 0 Å². The summed E-state index contributed by atoms with van der Waals surface area (Å²) in [6, 6.07) is 20.1. The van der Waals surface area contributed by atoms with Crippen LogP contribution in [0.4, 0.5) is 15.8 Å². The van der Waals surface area contributed by atoms with Crippen LogP contribution < -0.4 is 9.62 Å². The van der Waals surface area contributed by atoms with Gasteiger partial charge in [-0.1, -0.05) is 24.3 Å². The largest absolute Gasteiger partial charge is 0.324 e. The molecule has 0 unspecified atom stereocenters. The number of anilines is 2. The smallest absolute Gasteiger partial charge is 0.264 e. The van der Waals surface area contributed by atoms with Crippen molar-refractivity contribution in [2.45, 2.75) is 9.79 Å². The van der Waals surface area contributed by atoms with Gasteiger partial charge in [-0.25, -0.2) is 12.8 Å². The molecule has 8 heteroatoms. The first-order valence-corrected chi connectivity index (χ1v) is 11.3. The fourth-order valence-electron chi connectivity index (χ4n) is 2.67. The van der Waals surface area contributed by atoms with Crippen LogP contribution in [0.5, 0.6) is 0 Å². The molecule has 0 atom stereocenters. The molecule has 0 saturated heterocycles. The van der Waals surface area contributed by atoms with Crippen molar-refractivity contribution in [1.29, 1.82) is 0 Å². The molecule has 0 fully saturated rings. The molecule has 3 aromatic rings. The quantitative estimate of drug-likeness (QED) is 0.565. The van der Waals surface area contributed by atoms with Crippen LogP contribution in [0.25, 0.3) is 0 Å². The number of hydrogen-bond acceptors (Lipinski definition) is 4. The molecule has 0 heterocycles. The lowest BCUT2D eigenvalue weighted by Gasteiger charge is -2.24. The van der Waals surface area contributed by atoms with Gasteiger partial charge in [-0.3, -0.25) is 9.10 Å². The van der Waals surface area contributed by atoms with Crippen LogP contribution in [-0.4, -0.2) is 27.1 Å². The number of amides is 1. The molecule has 0 spiro atoms. The Labute approximate surface area is 173 Å². The Morgan fingerprint density at radius 1 is 1.00 bits per heavy atom. The SMILES string of the molecule is CSc1cccc(NC(=O)CN(c2ccccc2)S(=O)(=O)c2ccc(F)cc2)c1. The summed E-state index contributed by atoms with van der Waals surface area (Å²) < 4.78 is 40.6. The lowest BCUT2D eigenvalue weighted by molar-refractivity contribution is -0.114. The van der Waals surface area contributed by atoms with Gasteiger partial charge in [-0.05, 0) is 60.9 Å². The summed E-state index contributed by atoms with van der Waals surface area (Å²) in [6.45, 7) is -0.423. The number of benzene rings is 3. The number of para-hydroxylation sites is 1. The Kier molecular flexibility index (Phi) is 6.56. The predicted octanol–water partition coefficient (Wildman–Crippen LogP) is 4.38. The Morgan fingerprint density at radius 2 is 1.69 bits per heavy atom. The first-order valence-electron chi connectivity index (χ1n) is 8.67. The van der Waals surface area contributed by atoms with E-state index in [9.17, 15) is 17.6 Å². The number of halogens is 1. The highest BCUT2D eigenvalue weighted by Gasteiger charge is 2.27. The zero-order valence-corrected chi connectivity index (χ0v) is 17.2. The zero-order valence-electron chi connectivity index (χ0n) is 15.6. The van der Waals surface area contributed by atoms with Crippen LogP contribution in [0.3, 0.4) is 0 Å². The van der Waals surface area contributed by atoms with E-state index < -0.39 is 28.3 Å². The molecule has 3 aromatic carbocycles. The lowest BCUT2D eigenvalue weighted by Crippen LogP contribution is -2.38. The highest BCUT2D eigenvalue weighted by atomic mass is 32.2. The van der Waals surface area contributed by atoms with Crippen molar-refractivity contribution in [3.63, 3.8) is 0 Å². The maximum absolute atomic E-state index is 13.2. The number of nitrogens with one attached hydrogen (secondary N) is 1. The molecule has 0 aliphatic rings. The minimum atomic E-state index is -4.07. The molecule has 0 saturated carbocycles. The van der Waals surface area contributed by atoms with E-state index in [1.54, 1.807) is 36.4 Å². The third kappa shape index (κ3) is 5.16. The topological polar surface area (TPSA) is 66.5 Å². The molecule has 0 aromatic heterocycles. The van der Waals surface area contributed by atoms with Gasteiger partial charge in [0.15, 0.2) is 0 Å². The third-order valence-corrected chi connectivity index (χ3v) is 6.60. The molecule has 5 nitrogen and oxygen atoms in total. The molecule has 29 heavy (non-hydrogen) atoms. The average molecular weight is 431 g/mol. The van der Waals surface area contributed by atoms with Gasteiger partial charge in [0, 0.05) is 10.6 Å². The fourth-order valence-corrected chi connectivity index (χ4v) is 4.56. The Bertz CT molecular complexity index is 1090. The van der Waals surface area contributed by atoms with Gasteiger partial charge >= 0.3 is 0 Å². The van der Waals surface area contributed by atoms with Crippen molar-refractivity contribution < 1.29 is 17.6 Å². The summed E-state index contributed by atoms with van der Waals surface area (Å²) in [7, 11) is -4.07. The number of thioether (sulfide) groups is 1. The molecule has 150 valence electrons. The molecule has 0 aliphatic carbocycles. The van der Waals surface area contributed by atoms with Crippen LogP contribution in [0, 0.1) is 5.82 Å². The van der Waals surface area contributed by atoms with Gasteiger partial charge in [-0.2, -0.15) is 0 Å². The van der Waals surface area contributed by atoms with E-state index in [1.807, 2.05) is 24.5 Å². The van der Waals surface area contributed by atoms with E-state index in [1.165, 1.54) is 23.9 Å². The maximum Gasteiger partial charge on any atom is 0.264 e. The van der Waals surface area contributed by atoms with E-state index in [2.05, 4.69) is 5.32 Å².